The van der Waals surface area contributed by atoms with Gasteiger partial charge in [0.25, 0.3) is 0 Å². The van der Waals surface area contributed by atoms with Crippen LogP contribution in [0.3, 0.4) is 0 Å². The van der Waals surface area contributed by atoms with Crippen molar-refractivity contribution >= 4 is 5.91 Å². The summed E-state index contributed by atoms with van der Waals surface area (Å²) in [7, 11) is 0. The molecule has 1 aliphatic heterocycles. The van der Waals surface area contributed by atoms with Crippen LogP contribution in [-0.2, 0) is 22.6 Å². The van der Waals surface area contributed by atoms with Crippen molar-refractivity contribution in [3.05, 3.63) is 47.7 Å². The number of ether oxygens (including phenoxy) is 1. The fourth-order valence-electron chi connectivity index (χ4n) is 4.34. The van der Waals surface area contributed by atoms with Gasteiger partial charge in [0.2, 0.25) is 17.7 Å². The zero-order valence-corrected chi connectivity index (χ0v) is 17.1. The molecule has 0 N–H and O–H groups in total. The van der Waals surface area contributed by atoms with Gasteiger partial charge in [-0.3, -0.25) is 4.79 Å². The van der Waals surface area contributed by atoms with E-state index in [1.807, 2.05) is 23.1 Å². The second kappa shape index (κ2) is 10.0. The Morgan fingerprint density at radius 1 is 1.07 bits per heavy atom. The van der Waals surface area contributed by atoms with Crippen LogP contribution in [-0.4, -0.2) is 40.2 Å². The molecule has 1 saturated heterocycles. The fourth-order valence-corrected chi connectivity index (χ4v) is 4.34. The van der Waals surface area contributed by atoms with Crippen LogP contribution in [0.5, 0.6) is 0 Å². The lowest BCUT2D eigenvalue weighted by molar-refractivity contribution is -0.135. The molecule has 4 rings (SSSR count). The summed E-state index contributed by atoms with van der Waals surface area (Å²) in [6, 6.07) is 10.2. The Labute approximate surface area is 172 Å². The molecular weight excluding hydrogens is 366 g/mol. The molecule has 6 heteroatoms. The molecule has 2 heterocycles. The van der Waals surface area contributed by atoms with E-state index in [0.717, 1.165) is 38.1 Å². The lowest BCUT2D eigenvalue weighted by atomic mass is 9.89. The van der Waals surface area contributed by atoms with E-state index >= 15 is 0 Å². The van der Waals surface area contributed by atoms with E-state index in [-0.39, 0.29) is 12.0 Å². The van der Waals surface area contributed by atoms with Gasteiger partial charge < -0.3 is 14.1 Å². The minimum atomic E-state index is 0.106. The molecular formula is C23H31N3O3. The average Bonchev–Trinajstić information content (AvgIpc) is 3.27. The number of nitrogens with zero attached hydrogens (tertiary/aromatic N) is 3. The summed E-state index contributed by atoms with van der Waals surface area (Å²) in [6.45, 7) is 2.07. The molecule has 2 fully saturated rings. The maximum Gasteiger partial charge on any atom is 0.223 e. The van der Waals surface area contributed by atoms with Gasteiger partial charge in [-0.25, -0.2) is 0 Å². The third-order valence-corrected chi connectivity index (χ3v) is 6.05. The zero-order valence-electron chi connectivity index (χ0n) is 17.1. The first-order valence-corrected chi connectivity index (χ1v) is 11.0. The summed E-state index contributed by atoms with van der Waals surface area (Å²) >= 11 is 0. The van der Waals surface area contributed by atoms with Gasteiger partial charge in [0.1, 0.15) is 0 Å². The summed E-state index contributed by atoms with van der Waals surface area (Å²) in [5.74, 6) is 1.91. The molecule has 6 nitrogen and oxygen atoms in total. The van der Waals surface area contributed by atoms with Crippen LogP contribution in [0.1, 0.15) is 74.6 Å². The van der Waals surface area contributed by atoms with Crippen LogP contribution in [0.25, 0.3) is 0 Å². The predicted octanol–water partition coefficient (Wildman–Crippen LogP) is 4.26. The molecule has 1 aromatic carbocycles. The molecule has 0 radical (unpaired) electrons. The quantitative estimate of drug-likeness (QED) is 0.698. The number of piperidine rings is 1. The van der Waals surface area contributed by atoms with E-state index in [0.29, 0.717) is 37.8 Å². The van der Waals surface area contributed by atoms with E-state index in [2.05, 4.69) is 22.3 Å². The first-order valence-electron chi connectivity index (χ1n) is 11.0. The summed E-state index contributed by atoms with van der Waals surface area (Å²) in [6.07, 6.45) is 9.08. The lowest BCUT2D eigenvalue weighted by Gasteiger charge is -2.32. The third-order valence-electron chi connectivity index (χ3n) is 6.05. The van der Waals surface area contributed by atoms with E-state index in [9.17, 15) is 4.79 Å². The molecule has 1 saturated carbocycles. The Bertz CT molecular complexity index is 771. The van der Waals surface area contributed by atoms with Gasteiger partial charge >= 0.3 is 0 Å². The van der Waals surface area contributed by atoms with Crippen LogP contribution in [0, 0.1) is 0 Å². The normalized spacial score (nSPS) is 20.7. The lowest BCUT2D eigenvalue weighted by Crippen LogP contribution is -2.43. The van der Waals surface area contributed by atoms with E-state index in [1.54, 1.807) is 0 Å². The first-order chi connectivity index (χ1) is 14.3. The molecule has 0 spiro atoms. The van der Waals surface area contributed by atoms with Crippen molar-refractivity contribution < 1.29 is 13.9 Å². The summed E-state index contributed by atoms with van der Waals surface area (Å²) in [5.41, 5.74) is 1.17. The molecule has 1 atom stereocenters. The highest BCUT2D eigenvalue weighted by molar-refractivity contribution is 5.76. The highest BCUT2D eigenvalue weighted by atomic mass is 16.5. The van der Waals surface area contributed by atoms with Gasteiger partial charge in [-0.2, -0.15) is 0 Å². The smallest absolute Gasteiger partial charge is 0.223 e. The number of hydrogen-bond donors (Lipinski definition) is 0. The predicted molar refractivity (Wildman–Crippen MR) is 109 cm³/mol. The number of benzene rings is 1. The number of likely N-dealkylation sites (tertiary alicyclic amines) is 1. The van der Waals surface area contributed by atoms with E-state index < -0.39 is 0 Å². The average molecular weight is 398 g/mol. The summed E-state index contributed by atoms with van der Waals surface area (Å²) in [5, 5.41) is 8.41. The molecule has 1 aromatic heterocycles. The monoisotopic (exact) mass is 397 g/mol. The number of amides is 1. The van der Waals surface area contributed by atoms with Crippen molar-refractivity contribution in [3.63, 3.8) is 0 Å². The van der Waals surface area contributed by atoms with Gasteiger partial charge in [0.05, 0.1) is 12.7 Å². The van der Waals surface area contributed by atoms with Gasteiger partial charge in [0, 0.05) is 31.8 Å². The van der Waals surface area contributed by atoms with Crippen molar-refractivity contribution in [3.8, 4) is 0 Å². The molecule has 0 bridgehead atoms. The number of rotatable bonds is 7. The zero-order chi connectivity index (χ0) is 19.9. The van der Waals surface area contributed by atoms with Crippen molar-refractivity contribution in [1.29, 1.82) is 0 Å². The summed E-state index contributed by atoms with van der Waals surface area (Å²) in [4.78, 5) is 14.6. The Kier molecular flexibility index (Phi) is 6.93. The highest BCUT2D eigenvalue weighted by Gasteiger charge is 2.25. The van der Waals surface area contributed by atoms with Crippen molar-refractivity contribution in [2.75, 3.05) is 13.1 Å². The van der Waals surface area contributed by atoms with Crippen molar-refractivity contribution in [2.24, 2.45) is 0 Å². The van der Waals surface area contributed by atoms with Gasteiger partial charge in [-0.15, -0.1) is 10.2 Å². The van der Waals surface area contributed by atoms with Gasteiger partial charge in [-0.05, 0) is 31.2 Å². The second-order valence-electron chi connectivity index (χ2n) is 8.27. The number of carbonyl (C=O) groups is 1. The Balaban J connectivity index is 1.22. The van der Waals surface area contributed by atoms with Crippen LogP contribution >= 0.6 is 0 Å². The van der Waals surface area contributed by atoms with Gasteiger partial charge in [0.15, 0.2) is 0 Å². The maximum absolute atomic E-state index is 12.7. The molecule has 1 aliphatic carbocycles. The Morgan fingerprint density at radius 3 is 2.72 bits per heavy atom. The molecule has 156 valence electrons. The molecule has 1 amide bonds. The maximum atomic E-state index is 12.7. The molecule has 2 aliphatic rings. The van der Waals surface area contributed by atoms with E-state index in [4.69, 9.17) is 9.15 Å². The van der Waals surface area contributed by atoms with Crippen LogP contribution < -0.4 is 0 Å². The van der Waals surface area contributed by atoms with Crippen molar-refractivity contribution in [1.82, 2.24) is 15.1 Å². The van der Waals surface area contributed by atoms with Crippen LogP contribution in [0.4, 0.5) is 0 Å². The Morgan fingerprint density at radius 2 is 1.90 bits per heavy atom. The number of carbonyl (C=O) groups excluding carboxylic acids is 1. The minimum Gasteiger partial charge on any atom is -0.425 e. The Hall–Kier alpha value is -2.21. The van der Waals surface area contributed by atoms with Crippen LogP contribution in [0.2, 0.25) is 0 Å². The first kappa shape index (κ1) is 20.1. The number of aromatic nitrogens is 2. The second-order valence-corrected chi connectivity index (χ2v) is 8.27. The number of hydrogen-bond acceptors (Lipinski definition) is 5. The SMILES string of the molecule is O=C(CCc1nnc(C2CCCCC2)o1)N1CCCC(OCc2ccccc2)C1. The molecule has 2 aromatic rings. The molecule has 29 heavy (non-hydrogen) atoms. The topological polar surface area (TPSA) is 68.5 Å². The van der Waals surface area contributed by atoms with Gasteiger partial charge in [-0.1, -0.05) is 49.6 Å². The fraction of sp³-hybridized carbons (Fsp3) is 0.609. The molecule has 1 unspecified atom stereocenters. The van der Waals surface area contributed by atoms with Crippen molar-refractivity contribution in [2.45, 2.75) is 76.4 Å². The van der Waals surface area contributed by atoms with Crippen LogP contribution in [0.15, 0.2) is 34.7 Å². The minimum absolute atomic E-state index is 0.106. The summed E-state index contributed by atoms with van der Waals surface area (Å²) < 4.78 is 11.9. The van der Waals surface area contributed by atoms with E-state index in [1.165, 1.54) is 24.8 Å². The standard InChI is InChI=1S/C23H31N3O3/c27-22(14-13-21-24-25-23(29-21)19-10-5-2-6-11-19)26-15-7-12-20(16-26)28-17-18-8-3-1-4-9-18/h1,3-4,8-9,19-20H,2,5-7,10-17H2. The highest BCUT2D eigenvalue weighted by Crippen LogP contribution is 2.31. The number of aryl methyl sites for hydroxylation is 1. The third kappa shape index (κ3) is 5.66. The largest absolute Gasteiger partial charge is 0.425 e.